The highest BCUT2D eigenvalue weighted by molar-refractivity contribution is 5.96. The number of carboxylic acid groups (broad SMARTS) is 1. The molecule has 3 aromatic heterocycles. The predicted octanol–water partition coefficient (Wildman–Crippen LogP) is 3.27. The van der Waals surface area contributed by atoms with Crippen molar-refractivity contribution in [2.45, 2.75) is 6.42 Å². The molecule has 33 heavy (non-hydrogen) atoms. The Morgan fingerprint density at radius 1 is 1.18 bits per heavy atom. The summed E-state index contributed by atoms with van der Waals surface area (Å²) in [6.07, 6.45) is 4.93. The highest BCUT2D eigenvalue weighted by Crippen LogP contribution is 2.48. The smallest absolute Gasteiger partial charge is 0.342 e. The number of pyridine rings is 2. The number of aromatic carboxylic acids is 1. The van der Waals surface area contributed by atoms with Crippen LogP contribution >= 0.6 is 0 Å². The van der Waals surface area contributed by atoms with E-state index < -0.39 is 17.1 Å². The SMILES string of the molecule is CNc1cc(F)cc2c1Cc1ncc(-c3ccc4ncc(C(=O)O)c(=O)n4c3)c(N(C)C)c1-2. The highest BCUT2D eigenvalue weighted by atomic mass is 19.1. The van der Waals surface area contributed by atoms with Gasteiger partial charge in [-0.1, -0.05) is 0 Å². The number of anilines is 2. The monoisotopic (exact) mass is 445 g/mol. The average Bonchev–Trinajstić information content (AvgIpc) is 3.16. The van der Waals surface area contributed by atoms with E-state index in [1.165, 1.54) is 16.5 Å². The molecular formula is C24H20FN5O3. The first-order valence-corrected chi connectivity index (χ1v) is 10.2. The van der Waals surface area contributed by atoms with E-state index in [4.69, 9.17) is 0 Å². The summed E-state index contributed by atoms with van der Waals surface area (Å²) in [6.45, 7) is 0. The number of halogens is 1. The first-order chi connectivity index (χ1) is 15.8. The molecule has 0 saturated heterocycles. The van der Waals surface area contributed by atoms with Crippen LogP contribution in [0.25, 0.3) is 27.9 Å². The molecule has 0 spiro atoms. The van der Waals surface area contributed by atoms with E-state index in [-0.39, 0.29) is 5.82 Å². The molecule has 3 heterocycles. The van der Waals surface area contributed by atoms with E-state index >= 15 is 0 Å². The van der Waals surface area contributed by atoms with Crippen molar-refractivity contribution >= 4 is 23.0 Å². The number of fused-ring (bicyclic) bond motifs is 4. The first-order valence-electron chi connectivity index (χ1n) is 10.2. The second kappa shape index (κ2) is 7.40. The van der Waals surface area contributed by atoms with E-state index in [0.29, 0.717) is 17.6 Å². The number of benzene rings is 1. The topological polar surface area (TPSA) is 99.8 Å². The molecule has 0 radical (unpaired) electrons. The van der Waals surface area contributed by atoms with Crippen LogP contribution in [0, 0.1) is 5.82 Å². The summed E-state index contributed by atoms with van der Waals surface area (Å²) < 4.78 is 15.6. The zero-order chi connectivity index (χ0) is 23.4. The molecule has 0 atom stereocenters. The Kier molecular flexibility index (Phi) is 4.63. The van der Waals surface area contributed by atoms with Gasteiger partial charge in [0.1, 0.15) is 17.0 Å². The quantitative estimate of drug-likeness (QED) is 0.438. The molecule has 0 fully saturated rings. The molecule has 0 saturated carbocycles. The van der Waals surface area contributed by atoms with Crippen molar-refractivity contribution in [2.75, 3.05) is 31.4 Å². The minimum Gasteiger partial charge on any atom is -0.477 e. The molecule has 5 rings (SSSR count). The van der Waals surface area contributed by atoms with Crippen molar-refractivity contribution in [3.05, 3.63) is 75.8 Å². The van der Waals surface area contributed by atoms with Gasteiger partial charge < -0.3 is 15.3 Å². The molecule has 9 heteroatoms. The lowest BCUT2D eigenvalue weighted by molar-refractivity contribution is 0.0694. The lowest BCUT2D eigenvalue weighted by atomic mass is 9.98. The number of rotatable bonds is 4. The molecule has 1 aromatic carbocycles. The number of hydrogen-bond donors (Lipinski definition) is 2. The van der Waals surface area contributed by atoms with E-state index in [1.54, 1.807) is 31.6 Å². The van der Waals surface area contributed by atoms with E-state index in [2.05, 4.69) is 15.3 Å². The third-order valence-corrected chi connectivity index (χ3v) is 5.92. The summed E-state index contributed by atoms with van der Waals surface area (Å²) in [6, 6.07) is 6.46. The van der Waals surface area contributed by atoms with Crippen molar-refractivity contribution in [3.63, 3.8) is 0 Å². The molecule has 8 nitrogen and oxygen atoms in total. The van der Waals surface area contributed by atoms with Crippen molar-refractivity contribution in [3.8, 4) is 22.3 Å². The molecule has 4 aromatic rings. The molecule has 2 N–H and O–H groups in total. The lowest BCUT2D eigenvalue weighted by Crippen LogP contribution is -2.22. The molecular weight excluding hydrogens is 425 g/mol. The van der Waals surface area contributed by atoms with Gasteiger partial charge in [-0.2, -0.15) is 0 Å². The van der Waals surface area contributed by atoms with E-state index in [9.17, 15) is 19.1 Å². The van der Waals surface area contributed by atoms with Crippen LogP contribution in [0.4, 0.5) is 15.8 Å². The van der Waals surface area contributed by atoms with Crippen molar-refractivity contribution in [1.29, 1.82) is 0 Å². The van der Waals surface area contributed by atoms with Gasteiger partial charge in [0, 0.05) is 68.5 Å². The van der Waals surface area contributed by atoms with Gasteiger partial charge in [0.15, 0.2) is 0 Å². The van der Waals surface area contributed by atoms with Crippen molar-refractivity contribution in [1.82, 2.24) is 14.4 Å². The summed E-state index contributed by atoms with van der Waals surface area (Å²) in [4.78, 5) is 34.8. The molecule has 1 aliphatic carbocycles. The number of aromatic nitrogens is 3. The van der Waals surface area contributed by atoms with Crippen LogP contribution in [0.3, 0.4) is 0 Å². The second-order valence-electron chi connectivity index (χ2n) is 8.07. The summed E-state index contributed by atoms with van der Waals surface area (Å²) >= 11 is 0. The summed E-state index contributed by atoms with van der Waals surface area (Å²) in [5, 5.41) is 12.4. The van der Waals surface area contributed by atoms with E-state index in [1.807, 2.05) is 19.0 Å². The van der Waals surface area contributed by atoms with Gasteiger partial charge >= 0.3 is 5.97 Å². The van der Waals surface area contributed by atoms with Crippen molar-refractivity contribution < 1.29 is 14.3 Å². The van der Waals surface area contributed by atoms with Gasteiger partial charge in [0.2, 0.25) is 0 Å². The Balaban J connectivity index is 1.78. The molecule has 0 aliphatic heterocycles. The van der Waals surface area contributed by atoms with Crippen LogP contribution < -0.4 is 15.8 Å². The number of carbonyl (C=O) groups is 1. The van der Waals surface area contributed by atoms with Gasteiger partial charge in [0.05, 0.1) is 11.4 Å². The minimum atomic E-state index is -1.33. The van der Waals surface area contributed by atoms with Gasteiger partial charge in [-0.3, -0.25) is 14.2 Å². The highest BCUT2D eigenvalue weighted by Gasteiger charge is 2.29. The molecule has 0 amide bonds. The first kappa shape index (κ1) is 20.6. The normalized spacial score (nSPS) is 11.9. The fourth-order valence-electron chi connectivity index (χ4n) is 4.46. The van der Waals surface area contributed by atoms with Gasteiger partial charge in [0.25, 0.3) is 5.56 Å². The maximum atomic E-state index is 14.4. The maximum absolute atomic E-state index is 14.4. The van der Waals surface area contributed by atoms with Crippen LogP contribution in [0.1, 0.15) is 21.6 Å². The lowest BCUT2D eigenvalue weighted by Gasteiger charge is -2.22. The Labute approximate surface area is 188 Å². The maximum Gasteiger partial charge on any atom is 0.342 e. The fourth-order valence-corrected chi connectivity index (χ4v) is 4.46. The number of nitrogens with one attached hydrogen (secondary N) is 1. The third-order valence-electron chi connectivity index (χ3n) is 5.92. The fraction of sp³-hybridized carbons (Fsp3) is 0.167. The van der Waals surface area contributed by atoms with Crippen LogP contribution in [0.2, 0.25) is 0 Å². The summed E-state index contributed by atoms with van der Waals surface area (Å²) in [5.74, 6) is -1.68. The van der Waals surface area contributed by atoms with Crippen LogP contribution in [0.5, 0.6) is 0 Å². The Morgan fingerprint density at radius 2 is 1.97 bits per heavy atom. The standard InChI is InChI=1S/C24H20FN5O3/c1-26-18-7-13(25)6-15-14(18)8-19-21(15)22(29(2)3)16(9-27-19)12-4-5-20-28-10-17(24(32)33)23(31)30(20)11-12/h4-7,9-11,26H,8H2,1-3H3,(H,32,33). The largest absolute Gasteiger partial charge is 0.477 e. The summed E-state index contributed by atoms with van der Waals surface area (Å²) in [5.41, 5.74) is 5.64. The van der Waals surface area contributed by atoms with Crippen LogP contribution in [0.15, 0.2) is 47.7 Å². The molecule has 0 bridgehead atoms. The third kappa shape index (κ3) is 3.12. The zero-order valence-electron chi connectivity index (χ0n) is 18.2. The Bertz CT molecular complexity index is 1530. The van der Waals surface area contributed by atoms with Crippen LogP contribution in [-0.4, -0.2) is 46.6 Å². The predicted molar refractivity (Wildman–Crippen MR) is 124 cm³/mol. The van der Waals surface area contributed by atoms with Gasteiger partial charge in [-0.15, -0.1) is 0 Å². The molecule has 166 valence electrons. The minimum absolute atomic E-state index is 0.334. The molecule has 0 unspecified atom stereocenters. The Hall–Kier alpha value is -4.27. The zero-order valence-corrected chi connectivity index (χ0v) is 18.2. The molecule has 1 aliphatic rings. The van der Waals surface area contributed by atoms with Gasteiger partial charge in [-0.05, 0) is 35.4 Å². The average molecular weight is 445 g/mol. The Morgan fingerprint density at radius 3 is 2.67 bits per heavy atom. The second-order valence-corrected chi connectivity index (χ2v) is 8.07. The number of hydrogen-bond acceptors (Lipinski definition) is 6. The van der Waals surface area contributed by atoms with Crippen LogP contribution in [-0.2, 0) is 6.42 Å². The summed E-state index contributed by atoms with van der Waals surface area (Å²) in [7, 11) is 5.55. The van der Waals surface area contributed by atoms with Gasteiger partial charge in [-0.25, -0.2) is 14.2 Å². The number of carboxylic acids is 1. The number of nitrogens with zero attached hydrogens (tertiary/aromatic N) is 4. The van der Waals surface area contributed by atoms with Crippen molar-refractivity contribution in [2.24, 2.45) is 0 Å². The van der Waals surface area contributed by atoms with E-state index in [0.717, 1.165) is 45.5 Å².